The number of nitrogens with one attached hydrogen (secondary N) is 3. The second-order valence-corrected chi connectivity index (χ2v) is 5.33. The van der Waals surface area contributed by atoms with Crippen LogP contribution in [0.2, 0.25) is 0 Å². The number of rotatable bonds is 9. The summed E-state index contributed by atoms with van der Waals surface area (Å²) in [6.07, 6.45) is 5.77. The normalized spacial score (nSPS) is 11.0. The maximum atomic E-state index is 12.0. The summed E-state index contributed by atoms with van der Waals surface area (Å²) in [7, 11) is 0. The molecule has 0 aromatic carbocycles. The Morgan fingerprint density at radius 3 is 2.72 bits per heavy atom. The van der Waals surface area contributed by atoms with E-state index in [4.69, 9.17) is 10.9 Å². The molecular weight excluding hydrogens is 322 g/mol. The molecular formula is C17H25N5O3. The van der Waals surface area contributed by atoms with Crippen LogP contribution in [0.3, 0.4) is 0 Å². The van der Waals surface area contributed by atoms with Crippen LogP contribution in [0.5, 0.6) is 0 Å². The van der Waals surface area contributed by atoms with Crippen molar-refractivity contribution in [3.63, 3.8) is 0 Å². The molecule has 1 rings (SSSR count). The van der Waals surface area contributed by atoms with Gasteiger partial charge in [0.2, 0.25) is 0 Å². The summed E-state index contributed by atoms with van der Waals surface area (Å²) in [4.78, 5) is 27.4. The van der Waals surface area contributed by atoms with Crippen molar-refractivity contribution in [3.8, 4) is 11.8 Å². The first kappa shape index (κ1) is 20.4. The molecule has 0 aliphatic carbocycles. The number of amides is 2. The van der Waals surface area contributed by atoms with Gasteiger partial charge in [-0.3, -0.25) is 14.8 Å². The lowest BCUT2D eigenvalue weighted by Crippen LogP contribution is -2.50. The largest absolute Gasteiger partial charge is 0.359 e. The molecule has 136 valence electrons. The van der Waals surface area contributed by atoms with E-state index in [0.29, 0.717) is 12.4 Å². The Kier molecular flexibility index (Phi) is 9.67. The number of anilines is 1. The molecule has 0 radical (unpaired) electrons. The van der Waals surface area contributed by atoms with Crippen LogP contribution in [-0.2, 0) is 4.79 Å². The van der Waals surface area contributed by atoms with Crippen molar-refractivity contribution >= 4 is 17.6 Å². The fourth-order valence-corrected chi connectivity index (χ4v) is 1.93. The van der Waals surface area contributed by atoms with Gasteiger partial charge in [0, 0.05) is 19.2 Å². The van der Waals surface area contributed by atoms with Crippen LogP contribution in [0.25, 0.3) is 0 Å². The quantitative estimate of drug-likeness (QED) is 0.193. The molecule has 2 amide bonds. The molecule has 0 aliphatic rings. The Labute approximate surface area is 147 Å². The van der Waals surface area contributed by atoms with E-state index in [1.165, 1.54) is 24.5 Å². The standard InChI is InChI=1S/C17H25N5O3/c1-2-3-4-5-6-7-10-19-15-9-8-13(12-20-15)16(23)21-14(11-18)17(24)22-25/h8-9,12,14,25H,2-5,10-11,18H2,1H3,(H,19,20)(H,21,23)(H,22,24). The van der Waals surface area contributed by atoms with Gasteiger partial charge in [0.1, 0.15) is 11.9 Å². The van der Waals surface area contributed by atoms with Crippen molar-refractivity contribution in [3.05, 3.63) is 23.9 Å². The molecule has 1 atom stereocenters. The van der Waals surface area contributed by atoms with Crippen LogP contribution >= 0.6 is 0 Å². The van der Waals surface area contributed by atoms with E-state index in [2.05, 4.69) is 34.4 Å². The molecule has 1 unspecified atom stereocenters. The number of nitrogens with zero attached hydrogens (tertiary/aromatic N) is 1. The first-order valence-corrected chi connectivity index (χ1v) is 8.22. The van der Waals surface area contributed by atoms with E-state index in [1.807, 2.05) is 0 Å². The highest BCUT2D eigenvalue weighted by Gasteiger charge is 2.19. The van der Waals surface area contributed by atoms with Crippen molar-refractivity contribution in [2.24, 2.45) is 5.73 Å². The summed E-state index contributed by atoms with van der Waals surface area (Å²) in [5.41, 5.74) is 7.11. The summed E-state index contributed by atoms with van der Waals surface area (Å²) in [5, 5.41) is 14.0. The number of pyridine rings is 1. The SMILES string of the molecule is CCCCCC#CCNc1ccc(C(=O)NC(CN)C(=O)NO)cn1. The van der Waals surface area contributed by atoms with Gasteiger partial charge in [0.15, 0.2) is 0 Å². The van der Waals surface area contributed by atoms with Crippen LogP contribution in [0.4, 0.5) is 5.82 Å². The number of aromatic nitrogens is 1. The van der Waals surface area contributed by atoms with Gasteiger partial charge in [-0.15, -0.1) is 5.92 Å². The second-order valence-electron chi connectivity index (χ2n) is 5.33. The monoisotopic (exact) mass is 347 g/mol. The first-order valence-electron chi connectivity index (χ1n) is 8.22. The van der Waals surface area contributed by atoms with Gasteiger partial charge in [0.25, 0.3) is 11.8 Å². The third-order valence-electron chi connectivity index (χ3n) is 3.38. The summed E-state index contributed by atoms with van der Waals surface area (Å²) < 4.78 is 0. The maximum Gasteiger partial charge on any atom is 0.267 e. The van der Waals surface area contributed by atoms with Gasteiger partial charge >= 0.3 is 0 Å². The smallest absolute Gasteiger partial charge is 0.267 e. The topological polar surface area (TPSA) is 129 Å². The molecule has 1 aromatic rings. The van der Waals surface area contributed by atoms with Gasteiger partial charge < -0.3 is 16.4 Å². The van der Waals surface area contributed by atoms with Crippen molar-refractivity contribution in [2.75, 3.05) is 18.4 Å². The third kappa shape index (κ3) is 7.65. The number of hydroxylamine groups is 1. The molecule has 0 bridgehead atoms. The fraction of sp³-hybridized carbons (Fsp3) is 0.471. The van der Waals surface area contributed by atoms with Crippen molar-refractivity contribution in [1.29, 1.82) is 0 Å². The van der Waals surface area contributed by atoms with Gasteiger partial charge in [-0.05, 0) is 18.6 Å². The molecule has 25 heavy (non-hydrogen) atoms. The summed E-state index contributed by atoms with van der Waals surface area (Å²) >= 11 is 0. The fourth-order valence-electron chi connectivity index (χ4n) is 1.93. The first-order chi connectivity index (χ1) is 12.1. The zero-order valence-electron chi connectivity index (χ0n) is 14.3. The number of nitrogens with two attached hydrogens (primary N) is 1. The van der Waals surface area contributed by atoms with E-state index < -0.39 is 17.9 Å². The number of carbonyl (C=O) groups excluding carboxylic acids is 2. The van der Waals surface area contributed by atoms with E-state index in [-0.39, 0.29) is 12.1 Å². The average Bonchev–Trinajstić information content (AvgIpc) is 2.65. The number of hydrogen-bond donors (Lipinski definition) is 5. The molecule has 1 heterocycles. The highest BCUT2D eigenvalue weighted by molar-refractivity contribution is 5.97. The predicted molar refractivity (Wildman–Crippen MR) is 94.9 cm³/mol. The van der Waals surface area contributed by atoms with Crippen molar-refractivity contribution < 1.29 is 14.8 Å². The summed E-state index contributed by atoms with van der Waals surface area (Å²) in [6, 6.07) is 2.21. The Balaban J connectivity index is 2.47. The Bertz CT molecular complexity index is 607. The highest BCUT2D eigenvalue weighted by atomic mass is 16.5. The van der Waals surface area contributed by atoms with Gasteiger partial charge in [0.05, 0.1) is 12.1 Å². The molecule has 8 nitrogen and oxygen atoms in total. The number of carbonyl (C=O) groups is 2. The van der Waals surface area contributed by atoms with Crippen LogP contribution in [-0.4, -0.2) is 41.1 Å². The molecule has 0 saturated heterocycles. The zero-order valence-corrected chi connectivity index (χ0v) is 14.3. The van der Waals surface area contributed by atoms with Crippen LogP contribution < -0.4 is 21.8 Å². The lowest BCUT2D eigenvalue weighted by atomic mass is 10.2. The lowest BCUT2D eigenvalue weighted by Gasteiger charge is -2.14. The third-order valence-corrected chi connectivity index (χ3v) is 3.38. The van der Waals surface area contributed by atoms with Crippen molar-refractivity contribution in [1.82, 2.24) is 15.8 Å². The molecule has 8 heteroatoms. The van der Waals surface area contributed by atoms with Gasteiger partial charge in [-0.2, -0.15) is 0 Å². The minimum atomic E-state index is -1.02. The number of hydrogen-bond acceptors (Lipinski definition) is 6. The van der Waals surface area contributed by atoms with E-state index in [1.54, 1.807) is 12.1 Å². The van der Waals surface area contributed by atoms with Crippen LogP contribution in [0.15, 0.2) is 18.3 Å². The average molecular weight is 347 g/mol. The molecule has 0 aliphatic heterocycles. The van der Waals surface area contributed by atoms with Crippen LogP contribution in [0, 0.1) is 11.8 Å². The minimum absolute atomic E-state index is 0.137. The molecule has 1 aromatic heterocycles. The Hall–Kier alpha value is -2.63. The summed E-state index contributed by atoms with van der Waals surface area (Å²) in [5.74, 6) is 5.43. The van der Waals surface area contributed by atoms with E-state index in [9.17, 15) is 9.59 Å². The predicted octanol–water partition coefficient (Wildman–Crippen LogP) is 0.640. The molecule has 0 fully saturated rings. The molecule has 6 N–H and O–H groups in total. The molecule has 0 spiro atoms. The van der Waals surface area contributed by atoms with Gasteiger partial charge in [-0.1, -0.05) is 25.7 Å². The summed E-state index contributed by atoms with van der Waals surface area (Å²) in [6.45, 7) is 2.50. The minimum Gasteiger partial charge on any atom is -0.359 e. The highest BCUT2D eigenvalue weighted by Crippen LogP contribution is 2.05. The van der Waals surface area contributed by atoms with E-state index in [0.717, 1.165) is 12.8 Å². The Morgan fingerprint density at radius 1 is 1.32 bits per heavy atom. The van der Waals surface area contributed by atoms with Gasteiger partial charge in [-0.25, -0.2) is 10.5 Å². The number of unbranched alkanes of at least 4 members (excludes halogenated alkanes) is 3. The van der Waals surface area contributed by atoms with Crippen molar-refractivity contribution in [2.45, 2.75) is 38.6 Å². The van der Waals surface area contributed by atoms with E-state index >= 15 is 0 Å². The second kappa shape index (κ2) is 11.8. The molecule has 0 saturated carbocycles. The zero-order chi connectivity index (χ0) is 18.5. The van der Waals surface area contributed by atoms with Crippen LogP contribution in [0.1, 0.15) is 43.0 Å². The lowest BCUT2D eigenvalue weighted by molar-refractivity contribution is -0.130. The Morgan fingerprint density at radius 2 is 2.12 bits per heavy atom. The maximum absolute atomic E-state index is 12.0.